The lowest BCUT2D eigenvalue weighted by Crippen LogP contribution is -2.50. The summed E-state index contributed by atoms with van der Waals surface area (Å²) >= 11 is 0. The number of rotatable bonds is 7. The zero-order valence-electron chi connectivity index (χ0n) is 24.2. The number of hydrogen-bond acceptors (Lipinski definition) is 6. The highest BCUT2D eigenvalue weighted by Crippen LogP contribution is 2.42. The molecule has 216 valence electrons. The summed E-state index contributed by atoms with van der Waals surface area (Å²) in [5, 5.41) is 3.28. The van der Waals surface area contributed by atoms with Crippen LogP contribution in [0.4, 0.5) is 5.82 Å². The average Bonchev–Trinajstić information content (AvgIpc) is 3.42. The Morgan fingerprint density at radius 1 is 0.932 bits per heavy atom. The fraction of sp³-hybridized carbons (Fsp3) is 0.139. The third-order valence-electron chi connectivity index (χ3n) is 8.56. The molecule has 0 unspecified atom stereocenters. The van der Waals surface area contributed by atoms with E-state index in [0.717, 1.165) is 59.1 Å². The number of benzene rings is 3. The molecule has 44 heavy (non-hydrogen) atoms. The standard InChI is InChI=1S/C36H30N6O2/c1-23-10-11-25(21-26(23)22-43)35(44)41-36(18-6-19-36)27-12-14-28(15-13-27)42-33(29-9-5-20-38-32(29)37)40-31-17-16-30(39-34(31)42)24-7-3-2-4-8-24/h2-5,7-17,20-22H,6,18-19H2,1H3,(H2,37,38)(H,41,44). The topological polar surface area (TPSA) is 116 Å². The normalized spacial score (nSPS) is 13.8. The zero-order valence-corrected chi connectivity index (χ0v) is 24.2. The number of nitrogens with zero attached hydrogens (tertiary/aromatic N) is 4. The van der Waals surface area contributed by atoms with Gasteiger partial charge in [0.15, 0.2) is 11.5 Å². The van der Waals surface area contributed by atoms with Crippen molar-refractivity contribution in [3.05, 3.63) is 126 Å². The SMILES string of the molecule is Cc1ccc(C(=O)NC2(c3ccc(-n4c(-c5cccnc5N)nc5ccc(-c6ccccc6)nc54)cc3)CCC2)cc1C=O. The Hall–Kier alpha value is -5.63. The summed E-state index contributed by atoms with van der Waals surface area (Å²) in [7, 11) is 0. The maximum atomic E-state index is 13.3. The molecular weight excluding hydrogens is 548 g/mol. The number of carbonyl (C=O) groups excluding carboxylic acids is 2. The Labute approximate surface area is 254 Å². The first kappa shape index (κ1) is 27.2. The second-order valence-electron chi connectivity index (χ2n) is 11.2. The van der Waals surface area contributed by atoms with Crippen LogP contribution in [-0.2, 0) is 5.54 Å². The second-order valence-corrected chi connectivity index (χ2v) is 11.2. The van der Waals surface area contributed by atoms with E-state index in [4.69, 9.17) is 15.7 Å². The number of anilines is 1. The molecule has 3 aromatic heterocycles. The van der Waals surface area contributed by atoms with E-state index >= 15 is 0 Å². The Morgan fingerprint density at radius 2 is 1.73 bits per heavy atom. The number of pyridine rings is 2. The fourth-order valence-corrected chi connectivity index (χ4v) is 5.90. The van der Waals surface area contributed by atoms with Crippen LogP contribution in [0.15, 0.2) is 103 Å². The zero-order chi connectivity index (χ0) is 30.3. The highest BCUT2D eigenvalue weighted by Gasteiger charge is 2.40. The molecule has 7 rings (SSSR count). The van der Waals surface area contributed by atoms with Gasteiger partial charge in [-0.05, 0) is 85.8 Å². The predicted octanol–water partition coefficient (Wildman–Crippen LogP) is 6.66. The van der Waals surface area contributed by atoms with Crippen LogP contribution >= 0.6 is 0 Å². The number of aryl methyl sites for hydroxylation is 1. The van der Waals surface area contributed by atoms with Gasteiger partial charge in [-0.3, -0.25) is 14.2 Å². The van der Waals surface area contributed by atoms with Crippen molar-refractivity contribution in [2.75, 3.05) is 5.73 Å². The van der Waals surface area contributed by atoms with Crippen LogP contribution in [0.5, 0.6) is 0 Å². The Bertz CT molecular complexity index is 2030. The summed E-state index contributed by atoms with van der Waals surface area (Å²) in [6, 6.07) is 31.2. The molecule has 1 amide bonds. The van der Waals surface area contributed by atoms with Gasteiger partial charge in [0.1, 0.15) is 17.6 Å². The average molecular weight is 579 g/mol. The van der Waals surface area contributed by atoms with Crippen LogP contribution in [-0.4, -0.2) is 31.7 Å². The molecule has 0 bridgehead atoms. The van der Waals surface area contributed by atoms with Crippen molar-refractivity contribution in [3.63, 3.8) is 0 Å². The largest absolute Gasteiger partial charge is 0.383 e. The number of aromatic nitrogens is 4. The number of aldehydes is 1. The van der Waals surface area contributed by atoms with Crippen molar-refractivity contribution >= 4 is 29.2 Å². The number of hydrogen-bond donors (Lipinski definition) is 2. The summed E-state index contributed by atoms with van der Waals surface area (Å²) in [4.78, 5) is 39.1. The van der Waals surface area contributed by atoms with Crippen molar-refractivity contribution in [1.29, 1.82) is 0 Å². The van der Waals surface area contributed by atoms with Crippen molar-refractivity contribution < 1.29 is 9.59 Å². The van der Waals surface area contributed by atoms with Crippen LogP contribution in [0, 0.1) is 6.92 Å². The van der Waals surface area contributed by atoms with E-state index in [1.54, 1.807) is 24.4 Å². The lowest BCUT2D eigenvalue weighted by atomic mass is 9.71. The minimum atomic E-state index is -0.478. The Balaban J connectivity index is 1.29. The van der Waals surface area contributed by atoms with Crippen LogP contribution in [0.25, 0.3) is 39.5 Å². The molecule has 1 fully saturated rings. The number of amides is 1. The third kappa shape index (κ3) is 4.70. The molecule has 1 saturated carbocycles. The van der Waals surface area contributed by atoms with Gasteiger partial charge in [0, 0.05) is 28.6 Å². The van der Waals surface area contributed by atoms with Crippen LogP contribution in [0.1, 0.15) is 51.1 Å². The lowest BCUT2D eigenvalue weighted by molar-refractivity contribution is 0.0823. The van der Waals surface area contributed by atoms with Crippen molar-refractivity contribution in [2.24, 2.45) is 0 Å². The molecule has 0 saturated heterocycles. The van der Waals surface area contributed by atoms with Gasteiger partial charge in [0.25, 0.3) is 5.91 Å². The van der Waals surface area contributed by atoms with Gasteiger partial charge in [-0.1, -0.05) is 48.5 Å². The molecule has 3 heterocycles. The lowest BCUT2D eigenvalue weighted by Gasteiger charge is -2.43. The minimum Gasteiger partial charge on any atom is -0.383 e. The van der Waals surface area contributed by atoms with Gasteiger partial charge in [-0.15, -0.1) is 0 Å². The molecule has 6 aromatic rings. The first-order valence-electron chi connectivity index (χ1n) is 14.6. The Kier molecular flexibility index (Phi) is 6.74. The molecule has 0 atom stereocenters. The number of nitrogens with one attached hydrogen (secondary N) is 1. The molecule has 0 radical (unpaired) electrons. The fourth-order valence-electron chi connectivity index (χ4n) is 5.90. The molecule has 3 N–H and O–H groups in total. The van der Waals surface area contributed by atoms with E-state index in [1.165, 1.54) is 0 Å². The summed E-state index contributed by atoms with van der Waals surface area (Å²) in [5.41, 5.74) is 13.6. The maximum absolute atomic E-state index is 13.3. The summed E-state index contributed by atoms with van der Waals surface area (Å²) in [5.74, 6) is 0.839. The molecule has 3 aromatic carbocycles. The van der Waals surface area contributed by atoms with E-state index < -0.39 is 5.54 Å². The van der Waals surface area contributed by atoms with Crippen molar-refractivity contribution in [3.8, 4) is 28.3 Å². The van der Waals surface area contributed by atoms with Crippen LogP contribution < -0.4 is 11.1 Å². The number of carbonyl (C=O) groups is 2. The summed E-state index contributed by atoms with van der Waals surface area (Å²) in [6.45, 7) is 1.86. The quantitative estimate of drug-likeness (QED) is 0.205. The van der Waals surface area contributed by atoms with E-state index in [2.05, 4.69) is 22.4 Å². The maximum Gasteiger partial charge on any atom is 0.251 e. The molecule has 0 aliphatic heterocycles. The van der Waals surface area contributed by atoms with Gasteiger partial charge in [0.2, 0.25) is 0 Å². The van der Waals surface area contributed by atoms with Crippen LogP contribution in [0.2, 0.25) is 0 Å². The molecule has 1 aliphatic carbocycles. The van der Waals surface area contributed by atoms with E-state index in [0.29, 0.717) is 34.0 Å². The number of fused-ring (bicyclic) bond motifs is 1. The predicted molar refractivity (Wildman–Crippen MR) is 172 cm³/mol. The molecule has 1 aliphatic rings. The number of nitrogens with two attached hydrogens (primary N) is 1. The van der Waals surface area contributed by atoms with Crippen molar-refractivity contribution in [1.82, 2.24) is 24.8 Å². The van der Waals surface area contributed by atoms with E-state index in [9.17, 15) is 9.59 Å². The first-order valence-corrected chi connectivity index (χ1v) is 14.6. The third-order valence-corrected chi connectivity index (χ3v) is 8.56. The number of nitrogen functional groups attached to an aromatic ring is 1. The number of imidazole rings is 1. The van der Waals surface area contributed by atoms with Crippen LogP contribution in [0.3, 0.4) is 0 Å². The molecule has 0 spiro atoms. The van der Waals surface area contributed by atoms with E-state index in [-0.39, 0.29) is 5.91 Å². The van der Waals surface area contributed by atoms with Crippen molar-refractivity contribution in [2.45, 2.75) is 31.7 Å². The highest BCUT2D eigenvalue weighted by molar-refractivity contribution is 5.96. The van der Waals surface area contributed by atoms with Gasteiger partial charge >= 0.3 is 0 Å². The highest BCUT2D eigenvalue weighted by atomic mass is 16.1. The molecular formula is C36H30N6O2. The Morgan fingerprint density at radius 3 is 2.43 bits per heavy atom. The molecule has 8 heteroatoms. The van der Waals surface area contributed by atoms with Gasteiger partial charge in [0.05, 0.1) is 16.8 Å². The minimum absolute atomic E-state index is 0.190. The second kappa shape index (κ2) is 10.9. The van der Waals surface area contributed by atoms with Gasteiger partial charge in [-0.2, -0.15) is 0 Å². The van der Waals surface area contributed by atoms with E-state index in [1.807, 2.05) is 78.2 Å². The summed E-state index contributed by atoms with van der Waals surface area (Å²) in [6.07, 6.45) is 5.12. The molecule has 8 nitrogen and oxygen atoms in total. The first-order chi connectivity index (χ1) is 21.5. The monoisotopic (exact) mass is 578 g/mol. The smallest absolute Gasteiger partial charge is 0.251 e. The van der Waals surface area contributed by atoms with Gasteiger partial charge in [-0.25, -0.2) is 15.0 Å². The van der Waals surface area contributed by atoms with Gasteiger partial charge < -0.3 is 11.1 Å². The summed E-state index contributed by atoms with van der Waals surface area (Å²) < 4.78 is 2.01.